The van der Waals surface area contributed by atoms with Gasteiger partial charge in [0.2, 0.25) is 10.0 Å². The SMILES string of the molecule is CC(CBr)(CBr)NS(=O)(=O)c1ccc(F)cc1. The highest BCUT2D eigenvalue weighted by Crippen LogP contribution is 2.17. The number of hydrogen-bond acceptors (Lipinski definition) is 2. The van der Waals surface area contributed by atoms with Crippen LogP contribution in [0.25, 0.3) is 0 Å². The van der Waals surface area contributed by atoms with Crippen molar-refractivity contribution in [3.8, 4) is 0 Å². The van der Waals surface area contributed by atoms with Crippen LogP contribution in [0.1, 0.15) is 6.92 Å². The van der Waals surface area contributed by atoms with Gasteiger partial charge in [0.1, 0.15) is 5.82 Å². The zero-order valence-corrected chi connectivity index (χ0v) is 13.1. The van der Waals surface area contributed by atoms with E-state index in [1.165, 1.54) is 12.1 Å². The van der Waals surface area contributed by atoms with Crippen LogP contribution >= 0.6 is 31.9 Å². The van der Waals surface area contributed by atoms with Crippen molar-refractivity contribution in [3.63, 3.8) is 0 Å². The molecule has 1 aromatic rings. The molecule has 0 amide bonds. The second kappa shape index (κ2) is 5.77. The fourth-order valence-corrected chi connectivity index (χ4v) is 4.07. The van der Waals surface area contributed by atoms with E-state index in [2.05, 4.69) is 36.6 Å². The lowest BCUT2D eigenvalue weighted by Gasteiger charge is -2.25. The summed E-state index contributed by atoms with van der Waals surface area (Å²) < 4.78 is 39.3. The van der Waals surface area contributed by atoms with Crippen LogP contribution in [-0.2, 0) is 10.0 Å². The first-order chi connectivity index (χ1) is 7.83. The molecule has 0 spiro atoms. The van der Waals surface area contributed by atoms with E-state index in [1.54, 1.807) is 6.92 Å². The van der Waals surface area contributed by atoms with Gasteiger partial charge in [-0.1, -0.05) is 31.9 Å². The number of hydrogen-bond donors (Lipinski definition) is 1. The molecule has 0 aliphatic carbocycles. The van der Waals surface area contributed by atoms with Gasteiger partial charge in [0.05, 0.1) is 4.90 Å². The number of nitrogens with one attached hydrogen (secondary N) is 1. The number of alkyl halides is 2. The van der Waals surface area contributed by atoms with E-state index in [-0.39, 0.29) is 4.90 Å². The predicted molar refractivity (Wildman–Crippen MR) is 72.7 cm³/mol. The maximum absolute atomic E-state index is 12.7. The standard InChI is InChI=1S/C10H12Br2FNO2S/c1-10(6-11,7-12)14-17(15,16)9-4-2-8(13)3-5-9/h2-5,14H,6-7H2,1H3. The van der Waals surface area contributed by atoms with Crippen molar-refractivity contribution in [1.29, 1.82) is 0 Å². The fourth-order valence-electron chi connectivity index (χ4n) is 1.09. The third-order valence-electron chi connectivity index (χ3n) is 2.09. The summed E-state index contributed by atoms with van der Waals surface area (Å²) in [5, 5.41) is 0.928. The monoisotopic (exact) mass is 387 g/mol. The van der Waals surface area contributed by atoms with Gasteiger partial charge in [-0.25, -0.2) is 17.5 Å². The molecule has 0 aliphatic rings. The molecule has 0 unspecified atom stereocenters. The number of benzene rings is 1. The van der Waals surface area contributed by atoms with Gasteiger partial charge in [0.15, 0.2) is 0 Å². The lowest BCUT2D eigenvalue weighted by Crippen LogP contribution is -2.48. The van der Waals surface area contributed by atoms with Gasteiger partial charge >= 0.3 is 0 Å². The Bertz CT molecular complexity index is 472. The molecule has 3 nitrogen and oxygen atoms in total. The van der Waals surface area contributed by atoms with Crippen LogP contribution in [0.3, 0.4) is 0 Å². The molecular formula is C10H12Br2FNO2S. The largest absolute Gasteiger partial charge is 0.241 e. The van der Waals surface area contributed by atoms with Crippen LogP contribution in [0.4, 0.5) is 4.39 Å². The maximum Gasteiger partial charge on any atom is 0.241 e. The first-order valence-corrected chi connectivity index (χ1v) is 8.47. The molecule has 0 saturated carbocycles. The summed E-state index contributed by atoms with van der Waals surface area (Å²) in [6.07, 6.45) is 0. The molecular weight excluding hydrogens is 377 g/mol. The van der Waals surface area contributed by atoms with Crippen molar-refractivity contribution in [3.05, 3.63) is 30.1 Å². The lowest BCUT2D eigenvalue weighted by atomic mass is 10.1. The van der Waals surface area contributed by atoms with Gasteiger partial charge in [-0.2, -0.15) is 0 Å². The number of sulfonamides is 1. The van der Waals surface area contributed by atoms with E-state index in [0.717, 1.165) is 12.1 Å². The Labute approximate surface area is 117 Å². The van der Waals surface area contributed by atoms with E-state index in [0.29, 0.717) is 10.7 Å². The Morgan fingerprint density at radius 3 is 2.12 bits per heavy atom. The third-order valence-corrected chi connectivity index (χ3v) is 6.22. The zero-order chi connectivity index (χ0) is 13.1. The predicted octanol–water partition coefficient (Wildman–Crippen LogP) is 2.65. The topological polar surface area (TPSA) is 46.2 Å². The van der Waals surface area contributed by atoms with Gasteiger partial charge in [-0.15, -0.1) is 0 Å². The number of rotatable bonds is 5. The first kappa shape index (κ1) is 15.1. The molecule has 0 atom stereocenters. The second-order valence-electron chi connectivity index (χ2n) is 3.89. The fraction of sp³-hybridized carbons (Fsp3) is 0.400. The van der Waals surface area contributed by atoms with Crippen LogP contribution in [0, 0.1) is 5.82 Å². The van der Waals surface area contributed by atoms with Crippen LogP contribution in [-0.4, -0.2) is 24.6 Å². The molecule has 96 valence electrons. The van der Waals surface area contributed by atoms with E-state index in [9.17, 15) is 12.8 Å². The molecule has 0 heterocycles. The molecule has 1 N–H and O–H groups in total. The van der Waals surface area contributed by atoms with Gasteiger partial charge in [-0.3, -0.25) is 0 Å². The maximum atomic E-state index is 12.7. The van der Waals surface area contributed by atoms with E-state index >= 15 is 0 Å². The zero-order valence-electron chi connectivity index (χ0n) is 9.08. The van der Waals surface area contributed by atoms with Crippen molar-refractivity contribution in [2.75, 3.05) is 10.7 Å². The Balaban J connectivity index is 3.00. The average molecular weight is 389 g/mol. The Kier molecular flexibility index (Phi) is 5.12. The van der Waals surface area contributed by atoms with Crippen LogP contribution < -0.4 is 4.72 Å². The molecule has 0 saturated heterocycles. The highest BCUT2D eigenvalue weighted by atomic mass is 79.9. The van der Waals surface area contributed by atoms with Crippen molar-refractivity contribution in [1.82, 2.24) is 4.72 Å². The van der Waals surface area contributed by atoms with Crippen molar-refractivity contribution >= 4 is 41.9 Å². The minimum absolute atomic E-state index is 0.0482. The van der Waals surface area contributed by atoms with Gasteiger partial charge in [-0.05, 0) is 31.2 Å². The molecule has 1 aromatic carbocycles. The molecule has 1 rings (SSSR count). The summed E-state index contributed by atoms with van der Waals surface area (Å²) in [6.45, 7) is 1.76. The van der Waals surface area contributed by atoms with Gasteiger partial charge < -0.3 is 0 Å². The quantitative estimate of drug-likeness (QED) is 0.788. The molecule has 0 bridgehead atoms. The summed E-state index contributed by atoms with van der Waals surface area (Å²) in [5.41, 5.74) is -0.632. The summed E-state index contributed by atoms with van der Waals surface area (Å²) in [4.78, 5) is 0.0482. The highest BCUT2D eigenvalue weighted by Gasteiger charge is 2.28. The summed E-state index contributed by atoms with van der Waals surface area (Å²) >= 11 is 6.50. The summed E-state index contributed by atoms with van der Waals surface area (Å²) in [6, 6.07) is 4.71. The van der Waals surface area contributed by atoms with E-state index in [1.807, 2.05) is 0 Å². The lowest BCUT2D eigenvalue weighted by molar-refractivity contribution is 0.509. The summed E-state index contributed by atoms with van der Waals surface area (Å²) in [7, 11) is -3.64. The molecule has 17 heavy (non-hydrogen) atoms. The minimum Gasteiger partial charge on any atom is -0.207 e. The first-order valence-electron chi connectivity index (χ1n) is 4.74. The van der Waals surface area contributed by atoms with Crippen molar-refractivity contribution in [2.45, 2.75) is 17.4 Å². The van der Waals surface area contributed by atoms with E-state index < -0.39 is 21.4 Å². The average Bonchev–Trinajstić information content (AvgIpc) is 2.29. The van der Waals surface area contributed by atoms with E-state index in [4.69, 9.17) is 0 Å². The Morgan fingerprint density at radius 1 is 1.24 bits per heavy atom. The molecule has 0 aliphatic heterocycles. The molecule has 0 radical (unpaired) electrons. The molecule has 0 fully saturated rings. The van der Waals surface area contributed by atoms with Gasteiger partial charge in [0, 0.05) is 16.2 Å². The van der Waals surface area contributed by atoms with Crippen LogP contribution in [0.15, 0.2) is 29.2 Å². The van der Waals surface area contributed by atoms with Crippen LogP contribution in [0.5, 0.6) is 0 Å². The smallest absolute Gasteiger partial charge is 0.207 e. The highest BCUT2D eigenvalue weighted by molar-refractivity contribution is 9.09. The second-order valence-corrected chi connectivity index (χ2v) is 6.69. The summed E-state index contributed by atoms with van der Waals surface area (Å²) in [5.74, 6) is -0.465. The van der Waals surface area contributed by atoms with Gasteiger partial charge in [0.25, 0.3) is 0 Å². The molecule has 0 aromatic heterocycles. The Morgan fingerprint density at radius 2 is 1.71 bits per heavy atom. The number of halogens is 3. The third kappa shape index (κ3) is 4.01. The van der Waals surface area contributed by atoms with Crippen molar-refractivity contribution < 1.29 is 12.8 Å². The van der Waals surface area contributed by atoms with Crippen molar-refractivity contribution in [2.24, 2.45) is 0 Å². The van der Waals surface area contributed by atoms with Crippen LogP contribution in [0.2, 0.25) is 0 Å². The normalized spacial score (nSPS) is 12.7. The minimum atomic E-state index is -3.64. The molecule has 7 heteroatoms. The Hall–Kier alpha value is 0.0200.